The van der Waals surface area contributed by atoms with E-state index >= 15 is 8.42 Å². The van der Waals surface area contributed by atoms with Gasteiger partial charge >= 0.3 is 17.2 Å². The fourth-order valence-electron chi connectivity index (χ4n) is 6.18. The highest BCUT2D eigenvalue weighted by Gasteiger charge is 2.35. The van der Waals surface area contributed by atoms with Crippen molar-refractivity contribution in [3.05, 3.63) is 167 Å². The van der Waals surface area contributed by atoms with Crippen LogP contribution < -0.4 is 27.1 Å². The van der Waals surface area contributed by atoms with E-state index in [2.05, 4.69) is 41.5 Å². The lowest BCUT2D eigenvalue weighted by molar-refractivity contribution is 0.381. The van der Waals surface area contributed by atoms with Gasteiger partial charge in [0.15, 0.2) is 0 Å². The molecule has 0 unspecified atom stereocenters. The minimum absolute atomic E-state index is 0.0546. The molecule has 8 nitrogen and oxygen atoms in total. The van der Waals surface area contributed by atoms with Gasteiger partial charge in [-0.05, 0) is 133 Å². The highest BCUT2D eigenvalue weighted by atomic mass is 32.2. The second-order valence-electron chi connectivity index (χ2n) is 16.4. The van der Waals surface area contributed by atoms with E-state index < -0.39 is 27.0 Å². The molecule has 0 heterocycles. The van der Waals surface area contributed by atoms with Crippen molar-refractivity contribution in [1.29, 1.82) is 0 Å². The van der Waals surface area contributed by atoms with E-state index in [0.717, 1.165) is 46.2 Å². The third-order valence-electron chi connectivity index (χ3n) is 11.2. The van der Waals surface area contributed by atoms with Gasteiger partial charge < -0.3 is 27.1 Å². The smallest absolute Gasteiger partial charge is 0.408 e. The van der Waals surface area contributed by atoms with Crippen LogP contribution in [0.25, 0.3) is 0 Å². The molecule has 0 amide bonds. The summed E-state index contributed by atoms with van der Waals surface area (Å²) in [5.41, 5.74) is 4.39. The number of para-hydroxylation sites is 4. The third-order valence-corrected chi connectivity index (χ3v) is 15.1. The van der Waals surface area contributed by atoms with Gasteiger partial charge in [0.05, 0.1) is 0 Å². The Labute approximate surface area is 365 Å². The third kappa shape index (κ3) is 10.9. The molecular formula is C50H56O8P2S. The first-order valence-corrected chi connectivity index (χ1v) is 24.1. The summed E-state index contributed by atoms with van der Waals surface area (Å²) in [6.45, 7) is 20.2. The molecule has 0 aliphatic rings. The van der Waals surface area contributed by atoms with Crippen LogP contribution in [0.3, 0.4) is 0 Å². The summed E-state index contributed by atoms with van der Waals surface area (Å²) in [7, 11) is -8.93. The average Bonchev–Trinajstić information content (AvgIpc) is 3.24. The minimum atomic E-state index is -4.45. The maximum atomic E-state index is 15.7. The van der Waals surface area contributed by atoms with Crippen LogP contribution in [-0.2, 0) is 20.7 Å². The Hall–Kier alpha value is -5.07. The van der Waals surface area contributed by atoms with Crippen molar-refractivity contribution in [2.75, 3.05) is 0 Å². The molecule has 0 spiro atoms. The molecule has 0 saturated carbocycles. The van der Waals surface area contributed by atoms with Crippen LogP contribution in [0.5, 0.6) is 34.5 Å². The lowest BCUT2D eigenvalue weighted by Crippen LogP contribution is -2.18. The van der Waals surface area contributed by atoms with E-state index in [-0.39, 0.29) is 32.1 Å². The second-order valence-corrected chi connectivity index (χ2v) is 20.2. The average molecular weight is 879 g/mol. The lowest BCUT2D eigenvalue weighted by atomic mass is 9.82. The van der Waals surface area contributed by atoms with Crippen molar-refractivity contribution in [2.45, 2.75) is 103 Å². The first kappa shape index (κ1) is 45.5. The number of benzene rings is 6. The summed E-state index contributed by atoms with van der Waals surface area (Å²) in [5.74, 6) is 2.36. The Morgan fingerprint density at radius 1 is 0.410 bits per heavy atom. The molecule has 11 heteroatoms. The molecule has 0 aromatic heterocycles. The quantitative estimate of drug-likeness (QED) is 0.0789. The molecule has 0 bridgehead atoms. The zero-order chi connectivity index (χ0) is 44.0. The maximum Gasteiger partial charge on any atom is 0.530 e. The van der Waals surface area contributed by atoms with Gasteiger partial charge in [-0.25, -0.2) is 8.42 Å². The van der Waals surface area contributed by atoms with E-state index in [9.17, 15) is 0 Å². The van der Waals surface area contributed by atoms with Gasteiger partial charge in [0.2, 0.25) is 9.84 Å². The standard InChI is InChI=1S/C50H56O8P2S/c1-11-49(7,8)39-29-31-45(57-59(53-41-25-17-13-21-35(41)3)54-42-26-18-14-22-36(42)4)47(33-39)61(51,52)48-34-40(50(9,10)12-2)30-32-46(48)58-60(55-43-27-19-15-23-37(43)5)56-44-28-20-16-24-38(44)6/h13-34H,11-12H2,1-10H3. The molecule has 0 N–H and O–H groups in total. The Balaban J connectivity index is 1.52. The predicted octanol–water partition coefficient (Wildman–Crippen LogP) is 14.7. The van der Waals surface area contributed by atoms with E-state index in [0.29, 0.717) is 23.0 Å². The largest absolute Gasteiger partial charge is 0.530 e. The molecule has 61 heavy (non-hydrogen) atoms. The van der Waals surface area contributed by atoms with Crippen molar-refractivity contribution in [2.24, 2.45) is 0 Å². The van der Waals surface area contributed by atoms with E-state index in [1.807, 2.05) is 137 Å². The Kier molecular flexibility index (Phi) is 14.4. The molecule has 320 valence electrons. The molecule has 6 aromatic rings. The molecule has 6 rings (SSSR count). The van der Waals surface area contributed by atoms with Crippen LogP contribution in [0.15, 0.2) is 143 Å². The van der Waals surface area contributed by atoms with Gasteiger partial charge in [-0.15, -0.1) is 0 Å². The first-order valence-electron chi connectivity index (χ1n) is 20.5. The number of hydrogen-bond acceptors (Lipinski definition) is 8. The molecule has 0 radical (unpaired) electrons. The Morgan fingerprint density at radius 2 is 0.672 bits per heavy atom. The summed E-state index contributed by atoms with van der Waals surface area (Å²) >= 11 is 0. The zero-order valence-electron chi connectivity index (χ0n) is 36.7. The van der Waals surface area contributed by atoms with E-state index in [1.54, 1.807) is 24.3 Å². The SMILES string of the molecule is CCC(C)(C)c1ccc(OP(Oc2ccccc2C)Oc2ccccc2C)c(S(=O)(=O)c2cc(C(C)(C)CC)ccc2OP(Oc2ccccc2C)Oc2ccccc2C)c1. The first-order chi connectivity index (χ1) is 29.0. The van der Waals surface area contributed by atoms with Gasteiger partial charge in [-0.2, -0.15) is 0 Å². The van der Waals surface area contributed by atoms with Gasteiger partial charge in [-0.1, -0.05) is 126 Å². The van der Waals surface area contributed by atoms with Crippen molar-refractivity contribution in [3.8, 4) is 34.5 Å². The number of sulfone groups is 1. The van der Waals surface area contributed by atoms with E-state index in [4.69, 9.17) is 27.1 Å². The van der Waals surface area contributed by atoms with Crippen LogP contribution in [0, 0.1) is 27.7 Å². The van der Waals surface area contributed by atoms with Gasteiger partial charge in [0, 0.05) is 0 Å². The molecule has 0 aliphatic heterocycles. The van der Waals surface area contributed by atoms with Crippen LogP contribution >= 0.6 is 17.2 Å². The number of rotatable bonds is 18. The van der Waals surface area contributed by atoms with Gasteiger partial charge in [-0.3, -0.25) is 0 Å². The molecular weight excluding hydrogens is 823 g/mol. The van der Waals surface area contributed by atoms with Crippen molar-refractivity contribution < 1.29 is 35.6 Å². The monoisotopic (exact) mass is 878 g/mol. The second kappa shape index (κ2) is 19.3. The highest BCUT2D eigenvalue weighted by molar-refractivity contribution is 7.91. The maximum absolute atomic E-state index is 15.7. The van der Waals surface area contributed by atoms with Gasteiger partial charge in [0.25, 0.3) is 0 Å². The topological polar surface area (TPSA) is 89.5 Å². The molecule has 6 aromatic carbocycles. The highest BCUT2D eigenvalue weighted by Crippen LogP contribution is 2.50. The molecule has 0 atom stereocenters. The predicted molar refractivity (Wildman–Crippen MR) is 247 cm³/mol. The molecule has 0 fully saturated rings. The van der Waals surface area contributed by atoms with Gasteiger partial charge in [0.1, 0.15) is 44.3 Å². The minimum Gasteiger partial charge on any atom is -0.408 e. The molecule has 0 aliphatic carbocycles. The van der Waals surface area contributed by atoms with Crippen LogP contribution in [0.1, 0.15) is 87.8 Å². The normalized spacial score (nSPS) is 12.0. The van der Waals surface area contributed by atoms with Crippen LogP contribution in [-0.4, -0.2) is 8.42 Å². The van der Waals surface area contributed by atoms with Crippen molar-refractivity contribution in [3.63, 3.8) is 0 Å². The van der Waals surface area contributed by atoms with Crippen LogP contribution in [0.4, 0.5) is 0 Å². The summed E-state index contributed by atoms with van der Waals surface area (Å²) in [6.07, 6.45) is 1.52. The summed E-state index contributed by atoms with van der Waals surface area (Å²) in [4.78, 5) is -0.109. The fraction of sp³-hybridized carbons (Fsp3) is 0.280. The number of hydrogen-bond donors (Lipinski definition) is 0. The molecule has 0 saturated heterocycles. The zero-order valence-corrected chi connectivity index (χ0v) is 39.3. The van der Waals surface area contributed by atoms with Crippen molar-refractivity contribution in [1.82, 2.24) is 0 Å². The summed E-state index contributed by atoms with van der Waals surface area (Å²) < 4.78 is 70.6. The van der Waals surface area contributed by atoms with E-state index in [1.165, 1.54) is 0 Å². The Bertz CT molecular complexity index is 2310. The van der Waals surface area contributed by atoms with Crippen molar-refractivity contribution >= 4 is 27.0 Å². The number of aryl methyl sites for hydroxylation is 4. The Morgan fingerprint density at radius 3 is 0.934 bits per heavy atom. The summed E-state index contributed by atoms with van der Waals surface area (Å²) in [5, 5.41) is 0. The van der Waals surface area contributed by atoms with Crippen LogP contribution in [0.2, 0.25) is 0 Å². The fourth-order valence-corrected chi connectivity index (χ4v) is 10.2. The summed E-state index contributed by atoms with van der Waals surface area (Å²) in [6, 6.07) is 40.9. The lowest BCUT2D eigenvalue weighted by Gasteiger charge is -2.27.